The number of benzene rings is 2. The zero-order valence-electron chi connectivity index (χ0n) is 24.0. The summed E-state index contributed by atoms with van der Waals surface area (Å²) in [7, 11) is 4.58. The fourth-order valence-electron chi connectivity index (χ4n) is 5.31. The van der Waals surface area contributed by atoms with Crippen molar-refractivity contribution < 1.29 is 23.7 Å². The molecule has 2 aromatic carbocycles. The third-order valence-electron chi connectivity index (χ3n) is 7.46. The highest BCUT2D eigenvalue weighted by molar-refractivity contribution is 7.99. The molecule has 218 valence electrons. The van der Waals surface area contributed by atoms with Crippen LogP contribution in [0.1, 0.15) is 23.2 Å². The predicted molar refractivity (Wildman–Crippen MR) is 160 cm³/mol. The second kappa shape index (κ2) is 13.9. The lowest BCUT2D eigenvalue weighted by Crippen LogP contribution is -2.47. The molecular weight excluding hydrogens is 540 g/mol. The third-order valence-corrected chi connectivity index (χ3v) is 8.56. The van der Waals surface area contributed by atoms with Gasteiger partial charge in [-0.2, -0.15) is 0 Å². The van der Waals surface area contributed by atoms with E-state index in [1.165, 1.54) is 36.8 Å². The van der Waals surface area contributed by atoms with Gasteiger partial charge in [0.25, 0.3) is 0 Å². The van der Waals surface area contributed by atoms with Crippen LogP contribution in [0.15, 0.2) is 64.5 Å². The summed E-state index contributed by atoms with van der Waals surface area (Å²) < 4.78 is 21.5. The second-order valence-corrected chi connectivity index (χ2v) is 11.1. The van der Waals surface area contributed by atoms with Crippen molar-refractivity contribution >= 4 is 29.2 Å². The molecule has 9 nitrogen and oxygen atoms in total. The fraction of sp³-hybridized carbons (Fsp3) is 0.419. The molecular formula is C31H38N4O5S. The number of aromatic nitrogens is 1. The Morgan fingerprint density at radius 3 is 2.17 bits per heavy atom. The number of pyridine rings is 1. The molecule has 0 unspecified atom stereocenters. The molecule has 41 heavy (non-hydrogen) atoms. The van der Waals surface area contributed by atoms with Crippen LogP contribution in [0.4, 0.5) is 11.5 Å². The maximum atomic E-state index is 12.6. The molecule has 5 rings (SSSR count). The molecule has 2 aliphatic heterocycles. The van der Waals surface area contributed by atoms with Crippen molar-refractivity contribution in [2.75, 3.05) is 78.6 Å². The number of ether oxygens (including phenoxy) is 4. The number of anilines is 2. The molecule has 0 aliphatic carbocycles. The number of esters is 1. The number of carbonyl (C=O) groups is 1. The molecule has 0 bridgehead atoms. The van der Waals surface area contributed by atoms with Crippen LogP contribution in [-0.4, -0.2) is 94.5 Å². The number of rotatable bonds is 12. The Balaban J connectivity index is 1.03. The Bertz CT molecular complexity index is 1260. The van der Waals surface area contributed by atoms with Crippen molar-refractivity contribution in [2.45, 2.75) is 22.6 Å². The molecule has 3 heterocycles. The first-order valence-corrected chi connectivity index (χ1v) is 14.8. The van der Waals surface area contributed by atoms with Crippen LogP contribution < -0.4 is 19.1 Å². The van der Waals surface area contributed by atoms with Gasteiger partial charge in [-0.05, 0) is 55.8 Å². The molecule has 3 aromatic rings. The van der Waals surface area contributed by atoms with Crippen LogP contribution in [0.2, 0.25) is 0 Å². The number of piperazine rings is 1. The summed E-state index contributed by atoms with van der Waals surface area (Å²) in [6.07, 6.45) is 3.74. The van der Waals surface area contributed by atoms with Gasteiger partial charge in [0.2, 0.25) is 5.75 Å². The Morgan fingerprint density at radius 2 is 1.49 bits per heavy atom. The summed E-state index contributed by atoms with van der Waals surface area (Å²) in [5, 5.41) is 0. The Labute approximate surface area is 246 Å². The van der Waals surface area contributed by atoms with Crippen LogP contribution in [0, 0.1) is 0 Å². The lowest BCUT2D eigenvalue weighted by molar-refractivity contribution is 0.0475. The number of carbonyl (C=O) groups excluding carboxylic acids is 1. The number of nitrogens with zero attached hydrogens (tertiary/aromatic N) is 4. The molecule has 1 fully saturated rings. The topological polar surface area (TPSA) is 76.6 Å². The first-order chi connectivity index (χ1) is 20.1. The van der Waals surface area contributed by atoms with Crippen LogP contribution in [0.25, 0.3) is 0 Å². The molecule has 2 aliphatic rings. The van der Waals surface area contributed by atoms with E-state index in [4.69, 9.17) is 23.9 Å². The van der Waals surface area contributed by atoms with Crippen LogP contribution >= 0.6 is 11.8 Å². The van der Waals surface area contributed by atoms with Gasteiger partial charge in [0, 0.05) is 50.4 Å². The largest absolute Gasteiger partial charge is 0.493 e. The van der Waals surface area contributed by atoms with Gasteiger partial charge in [0.1, 0.15) is 5.82 Å². The van der Waals surface area contributed by atoms with E-state index in [2.05, 4.69) is 45.0 Å². The lowest BCUT2D eigenvalue weighted by Gasteiger charge is -2.36. The number of methoxy groups -OCH3 is 3. The summed E-state index contributed by atoms with van der Waals surface area (Å²) in [5.74, 6) is 1.97. The van der Waals surface area contributed by atoms with E-state index >= 15 is 0 Å². The highest BCUT2D eigenvalue weighted by Gasteiger charge is 2.24. The minimum absolute atomic E-state index is 0.362. The van der Waals surface area contributed by atoms with E-state index in [0.29, 0.717) is 29.4 Å². The first kappa shape index (κ1) is 29.0. The summed E-state index contributed by atoms with van der Waals surface area (Å²) in [4.78, 5) is 27.2. The molecule has 0 saturated carbocycles. The van der Waals surface area contributed by atoms with E-state index in [1.54, 1.807) is 23.9 Å². The Morgan fingerprint density at radius 1 is 0.829 bits per heavy atom. The van der Waals surface area contributed by atoms with Crippen molar-refractivity contribution in [1.29, 1.82) is 0 Å². The van der Waals surface area contributed by atoms with E-state index in [0.717, 1.165) is 64.5 Å². The molecule has 1 aromatic heterocycles. The monoisotopic (exact) mass is 578 g/mol. The van der Waals surface area contributed by atoms with Gasteiger partial charge in [-0.1, -0.05) is 23.9 Å². The van der Waals surface area contributed by atoms with Crippen LogP contribution in [-0.2, 0) is 4.74 Å². The SMILES string of the molecule is COc1cc(C(=O)OCCCN2CCN(CCCN3c4ccccc4Sc4cccnc43)CC2)cc(OC)c1OC. The fourth-order valence-corrected chi connectivity index (χ4v) is 6.38. The Kier molecular flexibility index (Phi) is 9.87. The van der Waals surface area contributed by atoms with Gasteiger partial charge in [0.15, 0.2) is 11.5 Å². The lowest BCUT2D eigenvalue weighted by atomic mass is 10.2. The van der Waals surface area contributed by atoms with Crippen molar-refractivity contribution in [3.63, 3.8) is 0 Å². The van der Waals surface area contributed by atoms with Crippen molar-refractivity contribution in [3.8, 4) is 17.2 Å². The van der Waals surface area contributed by atoms with Gasteiger partial charge >= 0.3 is 5.97 Å². The molecule has 0 amide bonds. The molecule has 0 radical (unpaired) electrons. The normalized spacial score (nSPS) is 15.1. The molecule has 0 N–H and O–H groups in total. The number of para-hydroxylation sites is 1. The van der Waals surface area contributed by atoms with E-state index < -0.39 is 5.97 Å². The molecule has 0 spiro atoms. The minimum Gasteiger partial charge on any atom is -0.493 e. The quantitative estimate of drug-likeness (QED) is 0.217. The zero-order valence-corrected chi connectivity index (χ0v) is 24.8. The predicted octanol–water partition coefficient (Wildman–Crippen LogP) is 4.96. The highest BCUT2D eigenvalue weighted by Crippen LogP contribution is 2.46. The number of hydrogen-bond donors (Lipinski definition) is 0. The Hall–Kier alpha value is -3.47. The van der Waals surface area contributed by atoms with Crippen LogP contribution in [0.5, 0.6) is 17.2 Å². The maximum absolute atomic E-state index is 12.6. The minimum atomic E-state index is -0.401. The first-order valence-electron chi connectivity index (χ1n) is 14.0. The summed E-state index contributed by atoms with van der Waals surface area (Å²) in [6.45, 7) is 7.41. The maximum Gasteiger partial charge on any atom is 0.338 e. The average molecular weight is 579 g/mol. The van der Waals surface area contributed by atoms with E-state index in [9.17, 15) is 4.79 Å². The molecule has 0 atom stereocenters. The van der Waals surface area contributed by atoms with Gasteiger partial charge in [0.05, 0.1) is 44.1 Å². The number of hydrogen-bond acceptors (Lipinski definition) is 10. The van der Waals surface area contributed by atoms with Gasteiger partial charge in [-0.25, -0.2) is 9.78 Å². The second-order valence-electron chi connectivity index (χ2n) is 9.99. The van der Waals surface area contributed by atoms with Crippen molar-refractivity contribution in [2.24, 2.45) is 0 Å². The smallest absolute Gasteiger partial charge is 0.338 e. The number of fused-ring (bicyclic) bond motifs is 2. The third kappa shape index (κ3) is 6.89. The molecule has 10 heteroatoms. The van der Waals surface area contributed by atoms with Crippen molar-refractivity contribution in [3.05, 3.63) is 60.3 Å². The summed E-state index contributed by atoms with van der Waals surface area (Å²) in [6, 6.07) is 16.0. The molecule has 1 saturated heterocycles. The van der Waals surface area contributed by atoms with E-state index in [1.807, 2.05) is 12.3 Å². The van der Waals surface area contributed by atoms with Crippen molar-refractivity contribution in [1.82, 2.24) is 14.8 Å². The van der Waals surface area contributed by atoms with Crippen LogP contribution in [0.3, 0.4) is 0 Å². The van der Waals surface area contributed by atoms with Gasteiger partial charge < -0.3 is 33.6 Å². The average Bonchev–Trinajstić information content (AvgIpc) is 3.02. The highest BCUT2D eigenvalue weighted by atomic mass is 32.2. The zero-order chi connectivity index (χ0) is 28.6. The van der Waals surface area contributed by atoms with E-state index in [-0.39, 0.29) is 0 Å². The van der Waals surface area contributed by atoms with Gasteiger partial charge in [-0.15, -0.1) is 0 Å². The summed E-state index contributed by atoms with van der Waals surface area (Å²) >= 11 is 1.80. The summed E-state index contributed by atoms with van der Waals surface area (Å²) in [5.41, 5.74) is 1.62. The van der Waals surface area contributed by atoms with Gasteiger partial charge in [-0.3, -0.25) is 0 Å². The standard InChI is InChI=1S/C31H38N4O5S/c1-37-25-21-23(22-26(38-2)29(25)39-3)31(36)40-20-8-14-34-18-16-33(17-19-34)13-7-15-35-24-9-4-5-10-27(24)41-28-11-6-12-32-30(28)35/h4-6,9-12,21-22H,7-8,13-20H2,1-3H3.